The summed E-state index contributed by atoms with van der Waals surface area (Å²) >= 11 is 0. The number of amides is 1. The molecule has 2 aromatic carbocycles. The number of piperidine rings is 1. The number of likely N-dealkylation sites (tertiary alicyclic amines) is 1. The van der Waals surface area contributed by atoms with Crippen LogP contribution in [0.15, 0.2) is 65.7 Å². The van der Waals surface area contributed by atoms with Crippen molar-refractivity contribution in [3.63, 3.8) is 0 Å². The first-order valence-electron chi connectivity index (χ1n) is 17.0. The van der Waals surface area contributed by atoms with E-state index in [4.69, 9.17) is 20.4 Å². The predicted molar refractivity (Wildman–Crippen MR) is 182 cm³/mol. The number of aromatic nitrogens is 4. The van der Waals surface area contributed by atoms with E-state index in [9.17, 15) is 17.6 Å². The Balaban J connectivity index is 1.13. The lowest BCUT2D eigenvalue weighted by Gasteiger charge is -2.38. The molecule has 3 atom stereocenters. The van der Waals surface area contributed by atoms with Gasteiger partial charge in [-0.25, -0.2) is 22.8 Å². The summed E-state index contributed by atoms with van der Waals surface area (Å²) in [4.78, 5) is 25.7. The zero-order valence-corrected chi connectivity index (χ0v) is 28.0. The summed E-state index contributed by atoms with van der Waals surface area (Å²) in [6, 6.07) is 14.9. The molecule has 2 aliphatic heterocycles. The van der Waals surface area contributed by atoms with Gasteiger partial charge in [0.2, 0.25) is 10.0 Å². The highest BCUT2D eigenvalue weighted by Gasteiger charge is 2.47. The Kier molecular flexibility index (Phi) is 7.12. The van der Waals surface area contributed by atoms with Crippen LogP contribution in [0.2, 0.25) is 0 Å². The van der Waals surface area contributed by atoms with Gasteiger partial charge in [0, 0.05) is 67.9 Å². The number of hydrogen-bond donors (Lipinski definition) is 1. The minimum Gasteiger partial charge on any atom is -0.494 e. The van der Waals surface area contributed by atoms with E-state index in [1.165, 1.54) is 35.3 Å². The molecule has 2 N–H and O–H groups in total. The maximum Gasteiger partial charge on any atom is 0.254 e. The fourth-order valence-electron chi connectivity index (χ4n) is 8.21. The van der Waals surface area contributed by atoms with Crippen molar-refractivity contribution in [3.8, 4) is 17.3 Å². The Labute approximate surface area is 283 Å². The number of ether oxygens (including phenoxy) is 1. The molecule has 49 heavy (non-hydrogen) atoms. The molecule has 9 rings (SSSR count). The second-order valence-corrected chi connectivity index (χ2v) is 16.1. The van der Waals surface area contributed by atoms with Crippen molar-refractivity contribution in [1.82, 2.24) is 28.3 Å². The van der Waals surface area contributed by atoms with Crippen LogP contribution >= 0.6 is 0 Å². The third kappa shape index (κ3) is 5.04. The summed E-state index contributed by atoms with van der Waals surface area (Å²) < 4.78 is 52.3. The van der Waals surface area contributed by atoms with Crippen molar-refractivity contribution in [2.45, 2.75) is 55.8 Å². The molecular weight excluding hydrogens is 646 g/mol. The highest BCUT2D eigenvalue weighted by molar-refractivity contribution is 7.89. The van der Waals surface area contributed by atoms with Gasteiger partial charge < -0.3 is 24.5 Å². The van der Waals surface area contributed by atoms with Gasteiger partial charge in [-0.15, -0.1) is 0 Å². The van der Waals surface area contributed by atoms with Crippen LogP contribution in [0, 0.1) is 23.6 Å². The van der Waals surface area contributed by atoms with Crippen molar-refractivity contribution in [2.75, 3.05) is 26.7 Å². The third-order valence-corrected chi connectivity index (χ3v) is 12.8. The van der Waals surface area contributed by atoms with Crippen LogP contribution in [-0.2, 0) is 23.1 Å². The first-order valence-corrected chi connectivity index (χ1v) is 18.5. The Morgan fingerprint density at radius 1 is 0.980 bits per heavy atom. The average Bonchev–Trinajstić information content (AvgIpc) is 3.43. The predicted octanol–water partition coefficient (Wildman–Crippen LogP) is 4.49. The van der Waals surface area contributed by atoms with Crippen LogP contribution in [0.25, 0.3) is 33.6 Å². The summed E-state index contributed by atoms with van der Waals surface area (Å²) in [5, 5.41) is 1.01. The number of imidazole rings is 1. The molecule has 13 heteroatoms. The number of rotatable bonds is 9. The first-order chi connectivity index (χ1) is 23.7. The fraction of sp³-hybridized carbons (Fsp3) is 0.417. The van der Waals surface area contributed by atoms with Gasteiger partial charge in [-0.1, -0.05) is 6.07 Å². The van der Waals surface area contributed by atoms with E-state index in [1.54, 1.807) is 19.4 Å². The number of nitrogens with zero attached hydrogens (tertiary/aromatic N) is 6. The number of halogens is 1. The second kappa shape index (κ2) is 11.4. The number of carbonyl (C=O) groups excluding carboxylic acids is 1. The van der Waals surface area contributed by atoms with E-state index in [1.807, 2.05) is 17.0 Å². The first kappa shape index (κ1) is 30.7. The Hall–Kier alpha value is -4.33. The topological polar surface area (TPSA) is 129 Å². The Morgan fingerprint density at radius 2 is 1.80 bits per heavy atom. The van der Waals surface area contributed by atoms with Gasteiger partial charge in [0.25, 0.3) is 5.91 Å². The van der Waals surface area contributed by atoms with E-state index < -0.39 is 15.8 Å². The molecule has 5 aromatic rings. The van der Waals surface area contributed by atoms with Crippen molar-refractivity contribution in [2.24, 2.45) is 23.5 Å². The van der Waals surface area contributed by atoms with Gasteiger partial charge in [-0.05, 0) is 86.1 Å². The fourth-order valence-corrected chi connectivity index (χ4v) is 9.84. The van der Waals surface area contributed by atoms with Gasteiger partial charge in [-0.2, -0.15) is 4.31 Å². The van der Waals surface area contributed by atoms with Crippen LogP contribution in [0.5, 0.6) is 5.75 Å². The summed E-state index contributed by atoms with van der Waals surface area (Å²) in [6.07, 6.45) is 6.11. The van der Waals surface area contributed by atoms with Crippen LogP contribution in [0.1, 0.15) is 36.0 Å². The molecule has 2 bridgehead atoms. The molecule has 4 fully saturated rings. The number of nitrogens with two attached hydrogens (primary N) is 1. The van der Waals surface area contributed by atoms with Crippen molar-refractivity contribution >= 4 is 38.0 Å². The number of pyridine rings is 1. The highest BCUT2D eigenvalue weighted by atomic mass is 32.2. The van der Waals surface area contributed by atoms with E-state index in [0.29, 0.717) is 47.6 Å². The number of sulfonamides is 1. The summed E-state index contributed by atoms with van der Waals surface area (Å²) in [5.41, 5.74) is 10.1. The minimum atomic E-state index is -3.84. The summed E-state index contributed by atoms with van der Waals surface area (Å²) in [6.45, 7) is 2.51. The zero-order chi connectivity index (χ0) is 33.6. The third-order valence-electron chi connectivity index (χ3n) is 11.0. The highest BCUT2D eigenvalue weighted by Crippen LogP contribution is 2.41. The minimum absolute atomic E-state index is 0.00848. The molecule has 3 aromatic heterocycles. The lowest BCUT2D eigenvalue weighted by molar-refractivity contribution is 0.0700. The van der Waals surface area contributed by atoms with Crippen LogP contribution in [0.3, 0.4) is 0 Å². The van der Waals surface area contributed by atoms with Crippen molar-refractivity contribution in [3.05, 3.63) is 72.2 Å². The van der Waals surface area contributed by atoms with Gasteiger partial charge >= 0.3 is 0 Å². The molecule has 254 valence electrons. The molecule has 3 unspecified atom stereocenters. The molecule has 2 aliphatic carbocycles. The van der Waals surface area contributed by atoms with Crippen LogP contribution < -0.4 is 10.5 Å². The number of fused-ring (bicyclic) bond motifs is 4. The van der Waals surface area contributed by atoms with Crippen molar-refractivity contribution < 1.29 is 22.3 Å². The van der Waals surface area contributed by atoms with Crippen LogP contribution in [-0.4, -0.2) is 81.5 Å². The molecular formula is C36H38FN7O4S. The smallest absolute Gasteiger partial charge is 0.254 e. The quantitative estimate of drug-likeness (QED) is 0.243. The number of hydrogen-bond acceptors (Lipinski definition) is 7. The zero-order valence-electron chi connectivity index (χ0n) is 27.2. The normalized spacial score (nSPS) is 22.8. The van der Waals surface area contributed by atoms with E-state index in [2.05, 4.69) is 21.3 Å². The standard InChI is InChI=1S/C36H38FN7O4S/c1-48-31-14-25(36(45)43-20-24-9-10-29(43)32(24)38)12-28-33(31)44(19-22-16-41(17-22)49(46,47)27-6-2-5-26(37)15-27)35(40-28)30-13-23-4-3-11-39-34(23)42(30)18-21-7-8-21/h2-6,11-15,21-22,24,29,32H,7-10,16-20,38H2,1H3. The molecule has 2 saturated heterocycles. The average molecular weight is 684 g/mol. The molecule has 1 amide bonds. The Bertz CT molecular complexity index is 2240. The van der Waals surface area contributed by atoms with Crippen LogP contribution in [0.4, 0.5) is 4.39 Å². The maximum atomic E-state index is 13.9. The van der Waals surface area contributed by atoms with Gasteiger partial charge in [-0.3, -0.25) is 4.79 Å². The number of methoxy groups -OCH3 is 1. The van der Waals surface area contributed by atoms with Gasteiger partial charge in [0.15, 0.2) is 5.82 Å². The number of benzene rings is 2. The van der Waals surface area contributed by atoms with Gasteiger partial charge in [0.05, 0.1) is 23.2 Å². The van der Waals surface area contributed by atoms with E-state index in [0.717, 1.165) is 47.7 Å². The van der Waals surface area contributed by atoms with Crippen molar-refractivity contribution in [1.29, 1.82) is 0 Å². The number of carbonyl (C=O) groups is 1. The van der Waals surface area contributed by atoms with E-state index in [-0.39, 0.29) is 41.9 Å². The van der Waals surface area contributed by atoms with Gasteiger partial charge in [0.1, 0.15) is 22.7 Å². The molecule has 0 spiro atoms. The lowest BCUT2D eigenvalue weighted by atomic mass is 10.0. The molecule has 11 nitrogen and oxygen atoms in total. The largest absolute Gasteiger partial charge is 0.494 e. The summed E-state index contributed by atoms with van der Waals surface area (Å²) in [7, 11) is -2.24. The molecule has 5 heterocycles. The summed E-state index contributed by atoms with van der Waals surface area (Å²) in [5.74, 6) is 1.45. The monoisotopic (exact) mass is 683 g/mol. The maximum absolute atomic E-state index is 13.9. The Morgan fingerprint density at radius 3 is 2.51 bits per heavy atom. The lowest BCUT2D eigenvalue weighted by Crippen LogP contribution is -2.51. The van der Waals surface area contributed by atoms with E-state index >= 15 is 0 Å². The SMILES string of the molecule is COc1cc(C(=O)N2CC3CCC2C3N)cc2nc(-c3cc4cccnc4n3CC3CC3)n(CC3CN(S(=O)(=O)c4cccc(F)c4)C3)c12. The molecule has 0 radical (unpaired) electrons. The molecule has 4 aliphatic rings. The second-order valence-electron chi connectivity index (χ2n) is 14.2. The molecule has 2 saturated carbocycles.